The van der Waals surface area contributed by atoms with Crippen molar-refractivity contribution >= 4 is 48.0 Å². The molecule has 0 radical (unpaired) electrons. The molecule has 356 valence electrons. The van der Waals surface area contributed by atoms with E-state index in [0.717, 1.165) is 0 Å². The third-order valence-corrected chi connectivity index (χ3v) is 9.59. The van der Waals surface area contributed by atoms with Crippen LogP contribution < -0.4 is 10.6 Å². The minimum atomic E-state index is -1.56. The minimum absolute atomic E-state index is 0.0630. The zero-order valence-electron chi connectivity index (χ0n) is 38.8. The van der Waals surface area contributed by atoms with Crippen molar-refractivity contribution in [1.82, 2.24) is 10.6 Å². The van der Waals surface area contributed by atoms with E-state index in [4.69, 9.17) is 37.9 Å². The minimum Gasteiger partial charge on any atom is -0.461 e. The molecule has 1 aliphatic rings. The number of hydrogen-bond donors (Lipinski definition) is 2. The van der Waals surface area contributed by atoms with Crippen LogP contribution in [0.3, 0.4) is 0 Å². The van der Waals surface area contributed by atoms with Gasteiger partial charge in [0.15, 0.2) is 0 Å². The van der Waals surface area contributed by atoms with E-state index in [1.165, 1.54) is 41.5 Å². The number of carbonyl (C=O) groups excluding carboxylic acids is 8. The molecule has 64 heavy (non-hydrogen) atoms. The van der Waals surface area contributed by atoms with E-state index >= 15 is 0 Å². The van der Waals surface area contributed by atoms with Crippen LogP contribution in [0.2, 0.25) is 0 Å². The highest BCUT2D eigenvalue weighted by Gasteiger charge is 2.44. The maximum atomic E-state index is 13.5. The van der Waals surface area contributed by atoms with Crippen molar-refractivity contribution in [2.75, 3.05) is 59.4 Å². The molecule has 0 heterocycles. The first-order valence-electron chi connectivity index (χ1n) is 20.3. The molecule has 2 atom stereocenters. The van der Waals surface area contributed by atoms with Crippen LogP contribution in [0.15, 0.2) is 72.9 Å². The monoisotopic (exact) mass is 902 g/mol. The lowest BCUT2D eigenvalue weighted by molar-refractivity contribution is -0.162. The predicted octanol–water partition coefficient (Wildman–Crippen LogP) is 5.71. The molecule has 0 aromatic rings. The lowest BCUT2D eigenvalue weighted by atomic mass is 9.62. The average molecular weight is 903 g/mol. The number of esters is 6. The Morgan fingerprint density at radius 1 is 0.453 bits per heavy atom. The number of alkyl carbamates (subject to hydrolysis) is 2. The van der Waals surface area contributed by atoms with Gasteiger partial charge in [-0.1, -0.05) is 60.2 Å². The van der Waals surface area contributed by atoms with Gasteiger partial charge in [-0.05, 0) is 71.6 Å². The summed E-state index contributed by atoms with van der Waals surface area (Å²) in [5.74, 6) is -4.73. The Kier molecular flexibility index (Phi) is 21.4. The summed E-state index contributed by atoms with van der Waals surface area (Å²) in [6, 6.07) is -0.487. The first-order chi connectivity index (χ1) is 29.5. The van der Waals surface area contributed by atoms with E-state index in [-0.39, 0.29) is 45.4 Å². The van der Waals surface area contributed by atoms with Crippen molar-refractivity contribution in [1.29, 1.82) is 0 Å². The molecule has 0 bridgehead atoms. The Morgan fingerprint density at radius 3 is 1.00 bits per heavy atom. The highest BCUT2D eigenvalue weighted by atomic mass is 16.6. The zero-order valence-corrected chi connectivity index (χ0v) is 38.8. The molecule has 0 aromatic carbocycles. The molecule has 1 rings (SSSR count). The standard InChI is InChI=1S/C46H66N2O16/c1-28(2)35(49)57-20-45(21-58-36(50)29(3)4,22-59-37(51)30(5)6)26-63-41(55)47-19-44(15)17-34(16-43(13,14)18-44)48-42(56)64-27-46(23-60-38(52)31(7)8,24-61-39(53)32(9)10)25-62-40(54)33(11)12/h34H,1,3,5,7,9,11,16-27H2,2,4,6,8,10,12-15H3,(H,47,55)(H,48,56). The van der Waals surface area contributed by atoms with Gasteiger partial charge in [0.05, 0.1) is 0 Å². The summed E-state index contributed by atoms with van der Waals surface area (Å²) in [5.41, 5.74) is -3.74. The molecule has 2 amide bonds. The van der Waals surface area contributed by atoms with Gasteiger partial charge in [0.2, 0.25) is 0 Å². The second-order valence-corrected chi connectivity index (χ2v) is 18.0. The fraction of sp³-hybridized carbons (Fsp3) is 0.565. The summed E-state index contributed by atoms with van der Waals surface area (Å²) in [4.78, 5) is 101. The van der Waals surface area contributed by atoms with Gasteiger partial charge in [-0.15, -0.1) is 0 Å². The third kappa shape index (κ3) is 19.9. The maximum absolute atomic E-state index is 13.5. The fourth-order valence-electron chi connectivity index (χ4n) is 6.40. The van der Waals surface area contributed by atoms with E-state index in [9.17, 15) is 38.4 Å². The average Bonchev–Trinajstić information content (AvgIpc) is 3.19. The number of nitrogens with one attached hydrogen (secondary N) is 2. The summed E-state index contributed by atoms with van der Waals surface area (Å²) < 4.78 is 43.4. The molecule has 1 saturated carbocycles. The summed E-state index contributed by atoms with van der Waals surface area (Å²) >= 11 is 0. The van der Waals surface area contributed by atoms with Crippen LogP contribution in [0.25, 0.3) is 0 Å². The zero-order chi connectivity index (χ0) is 49.2. The van der Waals surface area contributed by atoms with Gasteiger partial charge in [0.25, 0.3) is 0 Å². The summed E-state index contributed by atoms with van der Waals surface area (Å²) in [7, 11) is 0. The number of carbonyl (C=O) groups is 8. The lowest BCUT2D eigenvalue weighted by Gasteiger charge is -2.46. The number of hydrogen-bond acceptors (Lipinski definition) is 16. The van der Waals surface area contributed by atoms with Crippen molar-refractivity contribution in [3.05, 3.63) is 72.9 Å². The summed E-state index contributed by atoms with van der Waals surface area (Å²) in [6.07, 6.45) is -0.318. The predicted molar refractivity (Wildman–Crippen MR) is 233 cm³/mol. The molecule has 1 aliphatic carbocycles. The van der Waals surface area contributed by atoms with E-state index < -0.39 is 123 Å². The van der Waals surface area contributed by atoms with Gasteiger partial charge >= 0.3 is 48.0 Å². The molecular formula is C46H66N2O16. The van der Waals surface area contributed by atoms with Crippen LogP contribution >= 0.6 is 0 Å². The molecule has 0 saturated heterocycles. The second-order valence-electron chi connectivity index (χ2n) is 18.0. The molecule has 1 fully saturated rings. The van der Waals surface area contributed by atoms with E-state index in [1.54, 1.807) is 0 Å². The molecule has 0 aromatic heterocycles. The van der Waals surface area contributed by atoms with Crippen molar-refractivity contribution in [3.8, 4) is 0 Å². The first-order valence-corrected chi connectivity index (χ1v) is 20.3. The first kappa shape index (κ1) is 55.8. The second kappa shape index (κ2) is 24.6. The SMILES string of the molecule is C=C(C)C(=O)OCC(COC(=O)NCC1(C)CC(NC(=O)OCC(COC(=O)C(=C)C)(COC(=O)C(=C)C)COC(=O)C(=C)C)CC(C)(C)C1)(COC(=O)C(=C)C)COC(=O)C(=C)C. The van der Waals surface area contributed by atoms with Gasteiger partial charge < -0.3 is 48.5 Å². The van der Waals surface area contributed by atoms with Crippen LogP contribution in [-0.4, -0.2) is 113 Å². The Balaban J connectivity index is 3.26. The third-order valence-electron chi connectivity index (χ3n) is 9.59. The molecular weight excluding hydrogens is 837 g/mol. The number of rotatable bonds is 25. The molecule has 0 aliphatic heterocycles. The summed E-state index contributed by atoms with van der Waals surface area (Å²) in [5, 5.41) is 5.61. The summed E-state index contributed by atoms with van der Waals surface area (Å²) in [6.45, 7) is 31.7. The van der Waals surface area contributed by atoms with Gasteiger partial charge in [-0.2, -0.15) is 0 Å². The molecule has 18 heteroatoms. The Labute approximate surface area is 375 Å². The molecule has 2 N–H and O–H groups in total. The lowest BCUT2D eigenvalue weighted by Crippen LogP contribution is -2.51. The number of amides is 2. The Bertz CT molecular complexity index is 1730. The maximum Gasteiger partial charge on any atom is 0.407 e. The van der Waals surface area contributed by atoms with E-state index in [2.05, 4.69) is 50.1 Å². The van der Waals surface area contributed by atoms with Gasteiger partial charge in [-0.3, -0.25) is 0 Å². The van der Waals surface area contributed by atoms with Crippen LogP contribution in [0, 0.1) is 21.7 Å². The molecule has 18 nitrogen and oxygen atoms in total. The largest absolute Gasteiger partial charge is 0.461 e. The van der Waals surface area contributed by atoms with E-state index in [1.807, 2.05) is 20.8 Å². The van der Waals surface area contributed by atoms with Crippen molar-refractivity contribution in [2.45, 2.75) is 87.6 Å². The normalized spacial score (nSPS) is 16.5. The molecule has 0 spiro atoms. The number of ether oxygens (including phenoxy) is 8. The van der Waals surface area contributed by atoms with Gasteiger partial charge in [-0.25, -0.2) is 38.4 Å². The van der Waals surface area contributed by atoms with Crippen LogP contribution in [0.1, 0.15) is 81.6 Å². The van der Waals surface area contributed by atoms with Crippen LogP contribution in [0.4, 0.5) is 9.59 Å². The van der Waals surface area contributed by atoms with Crippen molar-refractivity contribution < 1.29 is 76.3 Å². The topological polar surface area (TPSA) is 234 Å². The Hall–Kier alpha value is -6.20. The Morgan fingerprint density at radius 2 is 0.719 bits per heavy atom. The fourth-order valence-corrected chi connectivity index (χ4v) is 6.40. The highest BCUT2D eigenvalue weighted by Crippen LogP contribution is 2.46. The van der Waals surface area contributed by atoms with Gasteiger partial charge in [0.1, 0.15) is 63.7 Å². The molecule has 2 unspecified atom stereocenters. The van der Waals surface area contributed by atoms with Crippen molar-refractivity contribution in [3.63, 3.8) is 0 Å². The highest BCUT2D eigenvalue weighted by molar-refractivity contribution is 5.89. The van der Waals surface area contributed by atoms with Crippen LogP contribution in [-0.2, 0) is 66.7 Å². The quantitative estimate of drug-likeness (QED) is 0.0634. The van der Waals surface area contributed by atoms with Crippen LogP contribution in [0.5, 0.6) is 0 Å². The van der Waals surface area contributed by atoms with E-state index in [0.29, 0.717) is 19.3 Å². The van der Waals surface area contributed by atoms with Gasteiger partial charge in [0, 0.05) is 46.0 Å². The van der Waals surface area contributed by atoms with Crippen molar-refractivity contribution in [2.24, 2.45) is 21.7 Å². The smallest absolute Gasteiger partial charge is 0.407 e.